The van der Waals surface area contributed by atoms with Gasteiger partial charge in [0.25, 0.3) is 0 Å². The SMILES string of the molecule is C.COC(=N)C(C)(C)C. The molecule has 0 bridgehead atoms. The average molecular weight is 131 g/mol. The number of ether oxygens (including phenoxy) is 1. The Morgan fingerprint density at radius 3 is 1.67 bits per heavy atom. The van der Waals surface area contributed by atoms with Gasteiger partial charge in [0.1, 0.15) is 0 Å². The standard InChI is InChI=1S/C6H13NO.CH4/c1-6(2,3)5(7)8-4;/h7H,1-4H3;1H4. The first-order chi connectivity index (χ1) is 3.48. The Balaban J connectivity index is 0. The molecule has 0 rings (SSSR count). The van der Waals surface area contributed by atoms with Gasteiger partial charge in [-0.2, -0.15) is 0 Å². The molecule has 0 aliphatic heterocycles. The molecule has 0 fully saturated rings. The topological polar surface area (TPSA) is 33.1 Å². The normalized spacial score (nSPS) is 9.78. The summed E-state index contributed by atoms with van der Waals surface area (Å²) >= 11 is 0. The molecule has 0 saturated carbocycles. The summed E-state index contributed by atoms with van der Waals surface area (Å²) in [4.78, 5) is 0. The quantitative estimate of drug-likeness (QED) is 0.397. The highest BCUT2D eigenvalue weighted by Crippen LogP contribution is 2.14. The number of hydrogen-bond donors (Lipinski definition) is 1. The van der Waals surface area contributed by atoms with Crippen LogP contribution in [-0.2, 0) is 4.74 Å². The number of methoxy groups -OCH3 is 1. The lowest BCUT2D eigenvalue weighted by Crippen LogP contribution is -2.20. The van der Waals surface area contributed by atoms with Crippen LogP contribution in [0.25, 0.3) is 0 Å². The Kier molecular flexibility index (Phi) is 4.37. The summed E-state index contributed by atoms with van der Waals surface area (Å²) in [5.41, 5.74) is -0.130. The molecule has 56 valence electrons. The molecule has 0 aromatic heterocycles. The predicted octanol–water partition coefficient (Wildman–Crippen LogP) is 2.29. The molecule has 0 aromatic rings. The van der Waals surface area contributed by atoms with Gasteiger partial charge in [-0.05, 0) is 0 Å². The van der Waals surface area contributed by atoms with E-state index in [1.54, 1.807) is 0 Å². The smallest absolute Gasteiger partial charge is 0.185 e. The number of nitrogens with one attached hydrogen (secondary N) is 1. The summed E-state index contributed by atoms with van der Waals surface area (Å²) in [7, 11) is 1.52. The van der Waals surface area contributed by atoms with Gasteiger partial charge < -0.3 is 4.74 Å². The van der Waals surface area contributed by atoms with E-state index in [0.717, 1.165) is 0 Å². The van der Waals surface area contributed by atoms with Crippen LogP contribution in [0.1, 0.15) is 28.2 Å². The zero-order valence-corrected chi connectivity index (χ0v) is 5.91. The van der Waals surface area contributed by atoms with Crippen LogP contribution in [0.3, 0.4) is 0 Å². The van der Waals surface area contributed by atoms with Crippen molar-refractivity contribution in [3.8, 4) is 0 Å². The summed E-state index contributed by atoms with van der Waals surface area (Å²) in [5.74, 6) is 0.331. The lowest BCUT2D eigenvalue weighted by Gasteiger charge is -2.16. The van der Waals surface area contributed by atoms with Crippen LogP contribution in [0.5, 0.6) is 0 Å². The van der Waals surface area contributed by atoms with Crippen LogP contribution in [0.4, 0.5) is 0 Å². The van der Waals surface area contributed by atoms with E-state index in [-0.39, 0.29) is 12.8 Å². The minimum absolute atomic E-state index is 0. The Bertz CT molecular complexity index is 91.6. The van der Waals surface area contributed by atoms with Crippen molar-refractivity contribution in [2.24, 2.45) is 5.41 Å². The second-order valence-electron chi connectivity index (χ2n) is 2.78. The molecule has 2 heteroatoms. The highest BCUT2D eigenvalue weighted by Gasteiger charge is 2.16. The Labute approximate surface area is 57.7 Å². The van der Waals surface area contributed by atoms with Crippen LogP contribution in [0.15, 0.2) is 0 Å². The Morgan fingerprint density at radius 2 is 1.67 bits per heavy atom. The van der Waals surface area contributed by atoms with Crippen LogP contribution in [-0.4, -0.2) is 13.0 Å². The van der Waals surface area contributed by atoms with E-state index in [1.165, 1.54) is 7.11 Å². The summed E-state index contributed by atoms with van der Waals surface area (Å²) in [6, 6.07) is 0. The first-order valence-electron chi connectivity index (χ1n) is 2.61. The maximum Gasteiger partial charge on any atom is 0.185 e. The van der Waals surface area contributed by atoms with Gasteiger partial charge in [0, 0.05) is 5.41 Å². The van der Waals surface area contributed by atoms with Crippen molar-refractivity contribution >= 4 is 5.90 Å². The van der Waals surface area contributed by atoms with Crippen molar-refractivity contribution in [1.29, 1.82) is 5.41 Å². The summed E-state index contributed by atoms with van der Waals surface area (Å²) in [6.45, 7) is 5.83. The summed E-state index contributed by atoms with van der Waals surface area (Å²) in [6.07, 6.45) is 0. The molecule has 0 aromatic carbocycles. The molecule has 0 atom stereocenters. The van der Waals surface area contributed by atoms with Crippen LogP contribution < -0.4 is 0 Å². The monoisotopic (exact) mass is 131 g/mol. The summed E-state index contributed by atoms with van der Waals surface area (Å²) < 4.78 is 4.70. The van der Waals surface area contributed by atoms with E-state index in [4.69, 9.17) is 10.1 Å². The molecule has 0 aliphatic carbocycles. The second-order valence-corrected chi connectivity index (χ2v) is 2.78. The minimum Gasteiger partial charge on any atom is -0.484 e. The van der Waals surface area contributed by atoms with Gasteiger partial charge in [0.15, 0.2) is 5.90 Å². The first kappa shape index (κ1) is 11.3. The van der Waals surface area contributed by atoms with Gasteiger partial charge in [-0.25, -0.2) is 0 Å². The average Bonchev–Trinajstić information content (AvgIpc) is 1.62. The second kappa shape index (κ2) is 3.49. The molecule has 0 unspecified atom stereocenters. The van der Waals surface area contributed by atoms with Crippen molar-refractivity contribution in [2.75, 3.05) is 7.11 Å². The molecule has 0 heterocycles. The molecule has 0 spiro atoms. The maximum atomic E-state index is 7.17. The molecule has 2 nitrogen and oxygen atoms in total. The third-order valence-electron chi connectivity index (χ3n) is 0.885. The zero-order chi connectivity index (χ0) is 6.78. The Hall–Kier alpha value is -0.530. The lowest BCUT2D eigenvalue weighted by atomic mass is 9.97. The zero-order valence-electron chi connectivity index (χ0n) is 5.91. The van der Waals surface area contributed by atoms with Crippen LogP contribution >= 0.6 is 0 Å². The molecule has 0 amide bonds. The molecule has 0 aliphatic rings. The van der Waals surface area contributed by atoms with E-state index in [2.05, 4.69) is 0 Å². The van der Waals surface area contributed by atoms with Crippen molar-refractivity contribution < 1.29 is 4.74 Å². The molecule has 1 N–H and O–H groups in total. The van der Waals surface area contributed by atoms with Gasteiger partial charge in [-0.3, -0.25) is 5.41 Å². The fraction of sp³-hybridized carbons (Fsp3) is 0.857. The third-order valence-corrected chi connectivity index (χ3v) is 0.885. The first-order valence-corrected chi connectivity index (χ1v) is 2.61. The van der Waals surface area contributed by atoms with Crippen molar-refractivity contribution in [3.63, 3.8) is 0 Å². The van der Waals surface area contributed by atoms with Crippen molar-refractivity contribution in [3.05, 3.63) is 0 Å². The van der Waals surface area contributed by atoms with Gasteiger partial charge >= 0.3 is 0 Å². The van der Waals surface area contributed by atoms with E-state index in [1.807, 2.05) is 20.8 Å². The lowest BCUT2D eigenvalue weighted by molar-refractivity contribution is 0.332. The fourth-order valence-corrected chi connectivity index (χ4v) is 0.306. The molecule has 9 heavy (non-hydrogen) atoms. The molecule has 0 saturated heterocycles. The largest absolute Gasteiger partial charge is 0.484 e. The molecular weight excluding hydrogens is 114 g/mol. The predicted molar refractivity (Wildman–Crippen MR) is 40.9 cm³/mol. The van der Waals surface area contributed by atoms with E-state index >= 15 is 0 Å². The van der Waals surface area contributed by atoms with Gasteiger partial charge in [-0.15, -0.1) is 0 Å². The van der Waals surface area contributed by atoms with Crippen molar-refractivity contribution in [1.82, 2.24) is 0 Å². The fourth-order valence-electron chi connectivity index (χ4n) is 0.306. The van der Waals surface area contributed by atoms with E-state index in [0.29, 0.717) is 5.90 Å². The van der Waals surface area contributed by atoms with Gasteiger partial charge in [0.05, 0.1) is 7.11 Å². The third kappa shape index (κ3) is 4.01. The van der Waals surface area contributed by atoms with Crippen LogP contribution in [0.2, 0.25) is 0 Å². The minimum atomic E-state index is -0.130. The highest BCUT2D eigenvalue weighted by molar-refractivity contribution is 5.78. The van der Waals surface area contributed by atoms with E-state index in [9.17, 15) is 0 Å². The Morgan fingerprint density at radius 1 is 1.33 bits per heavy atom. The van der Waals surface area contributed by atoms with Crippen molar-refractivity contribution in [2.45, 2.75) is 28.2 Å². The van der Waals surface area contributed by atoms with E-state index < -0.39 is 0 Å². The van der Waals surface area contributed by atoms with Gasteiger partial charge in [-0.1, -0.05) is 28.2 Å². The van der Waals surface area contributed by atoms with Gasteiger partial charge in [0.2, 0.25) is 0 Å². The maximum absolute atomic E-state index is 7.17. The summed E-state index contributed by atoms with van der Waals surface area (Å²) in [5, 5.41) is 7.17. The molecule has 0 radical (unpaired) electrons. The number of hydrogen-bond acceptors (Lipinski definition) is 2. The number of rotatable bonds is 0. The van der Waals surface area contributed by atoms with Crippen LogP contribution in [0, 0.1) is 10.8 Å². The highest BCUT2D eigenvalue weighted by atomic mass is 16.5. The molecular formula is C7H17NO.